The van der Waals surface area contributed by atoms with E-state index < -0.39 is 4.92 Å². The van der Waals surface area contributed by atoms with E-state index >= 15 is 0 Å². The van der Waals surface area contributed by atoms with Crippen LogP contribution in [0.25, 0.3) is 10.9 Å². The van der Waals surface area contributed by atoms with E-state index in [-0.39, 0.29) is 16.6 Å². The van der Waals surface area contributed by atoms with E-state index in [9.17, 15) is 14.9 Å². The van der Waals surface area contributed by atoms with Gasteiger partial charge in [-0.25, -0.2) is 4.98 Å². The number of aromatic nitrogens is 2. The van der Waals surface area contributed by atoms with Crippen LogP contribution >= 0.6 is 0 Å². The van der Waals surface area contributed by atoms with E-state index in [2.05, 4.69) is 15.3 Å². The topological polar surface area (TPSA) is 101 Å². The Kier molecular flexibility index (Phi) is 3.55. The molecule has 1 heterocycles. The Balaban J connectivity index is 1.89. The summed E-state index contributed by atoms with van der Waals surface area (Å²) in [5.74, 6) is 0.734. The van der Waals surface area contributed by atoms with Gasteiger partial charge < -0.3 is 10.3 Å². The summed E-state index contributed by atoms with van der Waals surface area (Å²) in [5, 5.41) is 14.5. The van der Waals surface area contributed by atoms with E-state index in [0.717, 1.165) is 12.3 Å². The number of rotatable bonds is 5. The lowest BCUT2D eigenvalue weighted by Gasteiger charge is -2.25. The van der Waals surface area contributed by atoms with E-state index in [1.807, 2.05) is 0 Å². The summed E-state index contributed by atoms with van der Waals surface area (Å²) in [6.45, 7) is 0.695. The third-order valence-corrected chi connectivity index (χ3v) is 4.05. The van der Waals surface area contributed by atoms with Crippen LogP contribution in [0.4, 0.5) is 11.4 Å². The maximum absolute atomic E-state index is 11.7. The Morgan fingerprint density at radius 3 is 2.90 bits per heavy atom. The zero-order valence-electron chi connectivity index (χ0n) is 11.5. The molecule has 1 aliphatic rings. The molecule has 0 aliphatic heterocycles. The Hall–Kier alpha value is -2.44. The molecule has 21 heavy (non-hydrogen) atoms. The quantitative estimate of drug-likeness (QED) is 0.650. The van der Waals surface area contributed by atoms with Crippen molar-refractivity contribution in [3.8, 4) is 0 Å². The van der Waals surface area contributed by atoms with Crippen LogP contribution in [0.2, 0.25) is 0 Å². The van der Waals surface area contributed by atoms with Gasteiger partial charge in [-0.15, -0.1) is 0 Å². The first kappa shape index (κ1) is 13.5. The second-order valence-electron chi connectivity index (χ2n) is 5.39. The largest absolute Gasteiger partial charge is 0.379 e. The van der Waals surface area contributed by atoms with Crippen LogP contribution in [0.3, 0.4) is 0 Å². The normalized spacial score (nSPS) is 14.9. The summed E-state index contributed by atoms with van der Waals surface area (Å²) in [5.41, 5.74) is 0.416. The van der Waals surface area contributed by atoms with E-state index in [0.29, 0.717) is 17.7 Å². The van der Waals surface area contributed by atoms with Crippen molar-refractivity contribution in [3.05, 3.63) is 38.9 Å². The van der Waals surface area contributed by atoms with Gasteiger partial charge >= 0.3 is 0 Å². The molecule has 0 bridgehead atoms. The molecule has 3 rings (SSSR count). The zero-order valence-corrected chi connectivity index (χ0v) is 11.5. The second-order valence-corrected chi connectivity index (χ2v) is 5.39. The first-order valence-corrected chi connectivity index (χ1v) is 7.05. The van der Waals surface area contributed by atoms with Crippen LogP contribution in [0, 0.1) is 16.0 Å². The summed E-state index contributed by atoms with van der Waals surface area (Å²) in [4.78, 5) is 28.9. The van der Waals surface area contributed by atoms with Crippen LogP contribution in [-0.2, 0) is 0 Å². The maximum Gasteiger partial charge on any atom is 0.293 e. The average molecular weight is 288 g/mol. The third kappa shape index (κ3) is 2.72. The highest BCUT2D eigenvalue weighted by molar-refractivity contribution is 5.86. The van der Waals surface area contributed by atoms with Crippen LogP contribution in [-0.4, -0.2) is 21.4 Å². The predicted molar refractivity (Wildman–Crippen MR) is 79.5 cm³/mol. The van der Waals surface area contributed by atoms with Gasteiger partial charge in [0.2, 0.25) is 0 Å². The molecule has 0 radical (unpaired) electrons. The highest BCUT2D eigenvalue weighted by Gasteiger charge is 2.19. The SMILES string of the molecule is O=c1[nH]cnc2cc(NCCC3CCC3)c([N+](=O)[O-])cc12. The Bertz CT molecular complexity index is 737. The van der Waals surface area contributed by atoms with Crippen molar-refractivity contribution < 1.29 is 4.92 Å². The number of anilines is 1. The minimum absolute atomic E-state index is 0.0883. The minimum Gasteiger partial charge on any atom is -0.379 e. The van der Waals surface area contributed by atoms with Crippen molar-refractivity contribution >= 4 is 22.3 Å². The lowest BCUT2D eigenvalue weighted by molar-refractivity contribution is -0.383. The number of H-pyrrole nitrogens is 1. The molecule has 2 aromatic rings. The molecule has 0 amide bonds. The van der Waals surface area contributed by atoms with Crippen molar-refractivity contribution in [2.45, 2.75) is 25.7 Å². The number of hydrogen-bond acceptors (Lipinski definition) is 5. The molecule has 0 spiro atoms. The third-order valence-electron chi connectivity index (χ3n) is 4.05. The summed E-state index contributed by atoms with van der Waals surface area (Å²) < 4.78 is 0. The molecule has 0 saturated heterocycles. The van der Waals surface area contributed by atoms with Crippen molar-refractivity contribution in [1.29, 1.82) is 0 Å². The lowest BCUT2D eigenvalue weighted by atomic mass is 9.83. The summed E-state index contributed by atoms with van der Waals surface area (Å²) >= 11 is 0. The molecule has 2 N–H and O–H groups in total. The average Bonchev–Trinajstić information content (AvgIpc) is 2.41. The standard InChI is InChI=1S/C14H16N4O3/c19-14-10-6-13(18(20)21)12(7-11(10)16-8-17-14)15-5-4-9-2-1-3-9/h6-9,15H,1-5H2,(H,16,17,19). The molecule has 7 heteroatoms. The van der Waals surface area contributed by atoms with Crippen molar-refractivity contribution in [1.82, 2.24) is 9.97 Å². The molecule has 1 saturated carbocycles. The summed E-state index contributed by atoms with van der Waals surface area (Å²) in [7, 11) is 0. The highest BCUT2D eigenvalue weighted by Crippen LogP contribution is 2.31. The van der Waals surface area contributed by atoms with Crippen LogP contribution in [0.1, 0.15) is 25.7 Å². The van der Waals surface area contributed by atoms with Gasteiger partial charge in [-0.2, -0.15) is 0 Å². The molecule has 0 unspecified atom stereocenters. The van der Waals surface area contributed by atoms with Crippen LogP contribution < -0.4 is 10.9 Å². The molecular weight excluding hydrogens is 272 g/mol. The lowest BCUT2D eigenvalue weighted by Crippen LogP contribution is -2.16. The van der Waals surface area contributed by atoms with E-state index in [1.54, 1.807) is 6.07 Å². The molecular formula is C14H16N4O3. The number of nitrogens with one attached hydrogen (secondary N) is 2. The van der Waals surface area contributed by atoms with Crippen molar-refractivity contribution in [3.63, 3.8) is 0 Å². The predicted octanol–water partition coefficient (Wildman–Crippen LogP) is 2.43. The molecule has 7 nitrogen and oxygen atoms in total. The second kappa shape index (κ2) is 5.51. The van der Waals surface area contributed by atoms with Gasteiger partial charge in [0, 0.05) is 12.6 Å². The molecule has 110 valence electrons. The monoisotopic (exact) mass is 288 g/mol. The van der Waals surface area contributed by atoms with Gasteiger partial charge in [0.25, 0.3) is 11.2 Å². The Morgan fingerprint density at radius 1 is 1.43 bits per heavy atom. The fraction of sp³-hybridized carbons (Fsp3) is 0.429. The number of nitro groups is 1. The van der Waals surface area contributed by atoms with Gasteiger partial charge in [0.05, 0.1) is 22.2 Å². The Morgan fingerprint density at radius 2 is 2.24 bits per heavy atom. The Labute approximate surface area is 120 Å². The first-order valence-electron chi connectivity index (χ1n) is 7.05. The molecule has 1 aromatic heterocycles. The molecule has 1 aliphatic carbocycles. The fourth-order valence-corrected chi connectivity index (χ4v) is 2.59. The maximum atomic E-state index is 11.7. The van der Waals surface area contributed by atoms with Gasteiger partial charge in [-0.05, 0) is 18.4 Å². The highest BCUT2D eigenvalue weighted by atomic mass is 16.6. The number of fused-ring (bicyclic) bond motifs is 1. The van der Waals surface area contributed by atoms with Gasteiger partial charge in [-0.3, -0.25) is 14.9 Å². The smallest absolute Gasteiger partial charge is 0.293 e. The van der Waals surface area contributed by atoms with E-state index in [4.69, 9.17) is 0 Å². The number of aromatic amines is 1. The number of hydrogen-bond donors (Lipinski definition) is 2. The zero-order chi connectivity index (χ0) is 14.8. The molecule has 1 aromatic carbocycles. The van der Waals surface area contributed by atoms with Crippen LogP contribution in [0.5, 0.6) is 0 Å². The van der Waals surface area contributed by atoms with E-state index in [1.165, 1.54) is 31.7 Å². The number of nitro benzene ring substituents is 1. The summed E-state index contributed by atoms with van der Waals surface area (Å²) in [6.07, 6.45) is 6.09. The minimum atomic E-state index is -0.475. The number of benzene rings is 1. The van der Waals surface area contributed by atoms with Gasteiger partial charge in [0.1, 0.15) is 5.69 Å². The summed E-state index contributed by atoms with van der Waals surface area (Å²) in [6, 6.07) is 2.86. The fourth-order valence-electron chi connectivity index (χ4n) is 2.59. The van der Waals surface area contributed by atoms with Gasteiger partial charge in [-0.1, -0.05) is 19.3 Å². The molecule has 0 atom stereocenters. The van der Waals surface area contributed by atoms with Crippen LogP contribution in [0.15, 0.2) is 23.3 Å². The van der Waals surface area contributed by atoms with Crippen molar-refractivity contribution in [2.75, 3.05) is 11.9 Å². The first-order chi connectivity index (χ1) is 10.1. The van der Waals surface area contributed by atoms with Gasteiger partial charge in [0.15, 0.2) is 0 Å². The molecule has 1 fully saturated rings. The number of nitrogens with zero attached hydrogens (tertiary/aromatic N) is 2. The van der Waals surface area contributed by atoms with Crippen molar-refractivity contribution in [2.24, 2.45) is 5.92 Å².